The third kappa shape index (κ3) is 3.33. The summed E-state index contributed by atoms with van der Waals surface area (Å²) in [5.41, 5.74) is 1.45. The number of hydrogen-bond acceptors (Lipinski definition) is 6. The van der Waals surface area contributed by atoms with Gasteiger partial charge in [-0.05, 0) is 37.3 Å². The first-order valence-corrected chi connectivity index (χ1v) is 10.6. The normalized spacial score (nSPS) is 13.8. The summed E-state index contributed by atoms with van der Waals surface area (Å²) < 4.78 is 30.9. The maximum Gasteiger partial charge on any atom is 0.338 e. The van der Waals surface area contributed by atoms with Crippen LogP contribution in [0.15, 0.2) is 76.5 Å². The number of fused-ring (bicyclic) bond motifs is 2. The Morgan fingerprint density at radius 1 is 0.833 bits per heavy atom. The predicted octanol–water partition coefficient (Wildman–Crippen LogP) is 3.41. The minimum atomic E-state index is -3.96. The third-order valence-corrected chi connectivity index (χ3v) is 6.73. The van der Waals surface area contributed by atoms with Crippen molar-refractivity contribution in [3.63, 3.8) is 0 Å². The van der Waals surface area contributed by atoms with E-state index in [2.05, 4.69) is 0 Å². The van der Waals surface area contributed by atoms with Crippen LogP contribution in [0, 0.1) is 6.92 Å². The number of rotatable bonds is 4. The Kier molecular flexibility index (Phi) is 4.83. The molecule has 0 N–H and O–H groups in total. The van der Waals surface area contributed by atoms with Crippen molar-refractivity contribution in [1.82, 2.24) is 0 Å². The number of esters is 1. The van der Waals surface area contributed by atoms with Crippen LogP contribution in [0.3, 0.4) is 0 Å². The van der Waals surface area contributed by atoms with Crippen molar-refractivity contribution >= 4 is 27.4 Å². The van der Waals surface area contributed by atoms with Crippen molar-refractivity contribution in [3.8, 4) is 0 Å². The fraction of sp³-hybridized carbons (Fsp3) is 0.0870. The van der Waals surface area contributed by atoms with E-state index in [0.29, 0.717) is 5.56 Å². The molecule has 1 heterocycles. The van der Waals surface area contributed by atoms with Crippen LogP contribution < -0.4 is 0 Å². The van der Waals surface area contributed by atoms with Gasteiger partial charge in [0.2, 0.25) is 9.84 Å². The topological polar surface area (TPSA) is 94.6 Å². The Morgan fingerprint density at radius 2 is 1.47 bits per heavy atom. The summed E-state index contributed by atoms with van der Waals surface area (Å²) in [5.74, 6) is -1.65. The van der Waals surface area contributed by atoms with E-state index >= 15 is 0 Å². The molecule has 6 nitrogen and oxygen atoms in total. The molecule has 7 heteroatoms. The number of aryl methyl sites for hydroxylation is 1. The lowest BCUT2D eigenvalue weighted by atomic mass is 10.0. The summed E-state index contributed by atoms with van der Waals surface area (Å²) in [6.07, 6.45) is 0. The number of ketones is 2. The standard InChI is InChI=1S/C23H16O6S/c1-14-6-8-15(9-7-14)19(24)13-29-23(26)16-10-11-18-21(12-16)30(27,28)20-5-3-2-4-17(20)22(18)25/h2-12H,13H2,1H3. The monoisotopic (exact) mass is 420 g/mol. The largest absolute Gasteiger partial charge is 0.454 e. The smallest absolute Gasteiger partial charge is 0.338 e. The first kappa shape index (κ1) is 19.7. The quantitative estimate of drug-likeness (QED) is 0.371. The lowest BCUT2D eigenvalue weighted by Gasteiger charge is -2.19. The lowest BCUT2D eigenvalue weighted by molar-refractivity contribution is 0.0474. The minimum Gasteiger partial charge on any atom is -0.454 e. The van der Waals surface area contributed by atoms with Crippen LogP contribution in [0.5, 0.6) is 0 Å². The average molecular weight is 420 g/mol. The number of carbonyl (C=O) groups excluding carboxylic acids is 3. The number of benzene rings is 3. The molecule has 0 spiro atoms. The zero-order valence-corrected chi connectivity index (χ0v) is 16.7. The summed E-state index contributed by atoms with van der Waals surface area (Å²) in [4.78, 5) is 36.9. The Labute approximate surface area is 173 Å². The number of sulfone groups is 1. The Balaban J connectivity index is 1.59. The molecule has 0 bridgehead atoms. The zero-order valence-electron chi connectivity index (χ0n) is 15.9. The molecule has 0 radical (unpaired) electrons. The van der Waals surface area contributed by atoms with Gasteiger partial charge in [0.1, 0.15) is 0 Å². The molecule has 150 valence electrons. The summed E-state index contributed by atoms with van der Waals surface area (Å²) in [5, 5.41) is 0. The van der Waals surface area contributed by atoms with E-state index in [9.17, 15) is 22.8 Å². The molecule has 0 fully saturated rings. The van der Waals surface area contributed by atoms with E-state index < -0.39 is 28.2 Å². The van der Waals surface area contributed by atoms with Gasteiger partial charge in [0.25, 0.3) is 0 Å². The highest BCUT2D eigenvalue weighted by Gasteiger charge is 2.35. The maximum atomic E-state index is 12.9. The van der Waals surface area contributed by atoms with Crippen LogP contribution in [0.4, 0.5) is 0 Å². The molecule has 0 aliphatic carbocycles. The second kappa shape index (κ2) is 7.35. The van der Waals surface area contributed by atoms with Gasteiger partial charge in [-0.3, -0.25) is 9.59 Å². The van der Waals surface area contributed by atoms with Crippen LogP contribution in [0.2, 0.25) is 0 Å². The maximum absolute atomic E-state index is 12.9. The SMILES string of the molecule is Cc1ccc(C(=O)COC(=O)c2ccc3c(c2)S(=O)(=O)c2ccccc2C3=O)cc1. The predicted molar refractivity (Wildman–Crippen MR) is 108 cm³/mol. The van der Waals surface area contributed by atoms with E-state index in [1.54, 1.807) is 30.3 Å². The number of hydrogen-bond donors (Lipinski definition) is 0. The van der Waals surface area contributed by atoms with Crippen LogP contribution >= 0.6 is 0 Å². The van der Waals surface area contributed by atoms with Gasteiger partial charge in [0.05, 0.1) is 15.4 Å². The molecule has 0 saturated carbocycles. The highest BCUT2D eigenvalue weighted by Crippen LogP contribution is 2.34. The second-order valence-corrected chi connectivity index (χ2v) is 8.79. The minimum absolute atomic E-state index is 0.000909. The molecule has 3 aromatic rings. The van der Waals surface area contributed by atoms with E-state index in [4.69, 9.17) is 4.74 Å². The zero-order chi connectivity index (χ0) is 21.5. The number of ether oxygens (including phenoxy) is 1. The van der Waals surface area contributed by atoms with Crippen molar-refractivity contribution in [1.29, 1.82) is 0 Å². The highest BCUT2D eigenvalue weighted by molar-refractivity contribution is 7.91. The summed E-state index contributed by atoms with van der Waals surface area (Å²) in [7, 11) is -3.96. The van der Waals surface area contributed by atoms with Crippen LogP contribution in [0.25, 0.3) is 0 Å². The van der Waals surface area contributed by atoms with Gasteiger partial charge in [0, 0.05) is 16.7 Å². The first-order valence-electron chi connectivity index (χ1n) is 9.09. The molecule has 1 aliphatic rings. The van der Waals surface area contributed by atoms with Crippen LogP contribution in [0.1, 0.15) is 42.2 Å². The van der Waals surface area contributed by atoms with Gasteiger partial charge in [-0.1, -0.05) is 42.0 Å². The van der Waals surface area contributed by atoms with Crippen LogP contribution in [-0.2, 0) is 14.6 Å². The van der Waals surface area contributed by atoms with Gasteiger partial charge in [-0.15, -0.1) is 0 Å². The molecule has 4 rings (SSSR count). The van der Waals surface area contributed by atoms with Crippen LogP contribution in [-0.4, -0.2) is 32.6 Å². The van der Waals surface area contributed by atoms with Crippen molar-refractivity contribution in [2.45, 2.75) is 16.7 Å². The molecular formula is C23H16O6S. The number of carbonyl (C=O) groups is 3. The van der Waals surface area contributed by atoms with Crippen molar-refractivity contribution in [2.24, 2.45) is 0 Å². The molecular weight excluding hydrogens is 404 g/mol. The second-order valence-electron chi connectivity index (χ2n) is 6.90. The Morgan fingerprint density at radius 3 is 2.20 bits per heavy atom. The van der Waals surface area contributed by atoms with Gasteiger partial charge in [-0.2, -0.15) is 0 Å². The first-order chi connectivity index (χ1) is 14.3. The summed E-state index contributed by atoms with van der Waals surface area (Å²) >= 11 is 0. The van der Waals surface area contributed by atoms with Crippen molar-refractivity contribution < 1.29 is 27.5 Å². The van der Waals surface area contributed by atoms with E-state index in [0.717, 1.165) is 11.6 Å². The third-order valence-electron chi connectivity index (χ3n) is 4.88. The van der Waals surface area contributed by atoms with Crippen molar-refractivity contribution in [2.75, 3.05) is 6.61 Å². The molecule has 3 aromatic carbocycles. The van der Waals surface area contributed by atoms with Gasteiger partial charge in [-0.25, -0.2) is 13.2 Å². The molecule has 0 aromatic heterocycles. The molecule has 0 saturated heterocycles. The van der Waals surface area contributed by atoms with Gasteiger partial charge in [0.15, 0.2) is 18.2 Å². The molecule has 1 aliphatic heterocycles. The van der Waals surface area contributed by atoms with Crippen molar-refractivity contribution in [3.05, 3.63) is 94.5 Å². The fourth-order valence-corrected chi connectivity index (χ4v) is 4.93. The Hall–Kier alpha value is -3.58. The highest BCUT2D eigenvalue weighted by atomic mass is 32.2. The lowest BCUT2D eigenvalue weighted by Crippen LogP contribution is -2.21. The molecule has 0 unspecified atom stereocenters. The number of Topliss-reactive ketones (excluding diaryl/α,β-unsaturated/α-hetero) is 1. The Bertz CT molecular complexity index is 1300. The average Bonchev–Trinajstić information content (AvgIpc) is 2.76. The van der Waals surface area contributed by atoms with E-state index in [1.807, 2.05) is 6.92 Å². The van der Waals surface area contributed by atoms with Gasteiger partial charge >= 0.3 is 5.97 Å². The van der Waals surface area contributed by atoms with Gasteiger partial charge < -0.3 is 4.74 Å². The summed E-state index contributed by atoms with van der Waals surface area (Å²) in [6, 6.07) is 16.5. The molecule has 0 amide bonds. The fourth-order valence-electron chi connectivity index (χ4n) is 3.25. The molecule has 30 heavy (non-hydrogen) atoms. The van der Waals surface area contributed by atoms with E-state index in [-0.39, 0.29) is 32.3 Å². The summed E-state index contributed by atoms with van der Waals surface area (Å²) in [6.45, 7) is 1.41. The molecule has 0 atom stereocenters. The van der Waals surface area contributed by atoms with E-state index in [1.165, 1.54) is 30.3 Å².